The van der Waals surface area contributed by atoms with Crippen LogP contribution in [0.5, 0.6) is 0 Å². The predicted octanol–water partition coefficient (Wildman–Crippen LogP) is 10.5. The zero-order chi connectivity index (χ0) is 30.5. The molecule has 216 valence electrons. The van der Waals surface area contributed by atoms with Crippen LogP contribution in [-0.4, -0.2) is 18.9 Å². The lowest BCUT2D eigenvalue weighted by Crippen LogP contribution is -1.97. The van der Waals surface area contributed by atoms with Crippen LogP contribution in [0.3, 0.4) is 0 Å². The van der Waals surface area contributed by atoms with Crippen LogP contribution in [0.2, 0.25) is 0 Å². The van der Waals surface area contributed by atoms with Crippen molar-refractivity contribution in [3.05, 3.63) is 170 Å². The normalized spacial score (nSPS) is 11.5. The number of imidazole rings is 2. The lowest BCUT2D eigenvalue weighted by atomic mass is 9.84. The summed E-state index contributed by atoms with van der Waals surface area (Å²) in [6, 6.07) is 58.2. The average Bonchev–Trinajstić information content (AvgIpc) is 3.67. The minimum atomic E-state index is 0.739. The summed E-state index contributed by atoms with van der Waals surface area (Å²) in [5, 5.41) is 0. The van der Waals surface area contributed by atoms with Crippen molar-refractivity contribution in [2.45, 2.75) is 0 Å². The number of fused-ring (bicyclic) bond motifs is 5. The molecule has 0 radical (unpaired) electrons. The zero-order valence-electron chi connectivity index (χ0n) is 25.0. The van der Waals surface area contributed by atoms with Gasteiger partial charge in [-0.05, 0) is 93.0 Å². The molecule has 46 heavy (non-hydrogen) atoms. The quantitative estimate of drug-likeness (QED) is 0.200. The first-order chi connectivity index (χ1) is 22.8. The van der Waals surface area contributed by atoms with Crippen molar-refractivity contribution >= 4 is 28.0 Å². The Morgan fingerprint density at radius 3 is 1.74 bits per heavy atom. The van der Waals surface area contributed by atoms with Crippen molar-refractivity contribution in [2.24, 2.45) is 0 Å². The van der Waals surface area contributed by atoms with Gasteiger partial charge in [0.05, 0.1) is 16.6 Å². The van der Waals surface area contributed by atoms with Gasteiger partial charge in [-0.2, -0.15) is 4.98 Å². The molecule has 3 heterocycles. The first-order valence-electron chi connectivity index (χ1n) is 15.5. The van der Waals surface area contributed by atoms with Crippen molar-refractivity contribution in [2.75, 3.05) is 0 Å². The van der Waals surface area contributed by atoms with Crippen LogP contribution in [-0.2, 0) is 0 Å². The van der Waals surface area contributed by atoms with E-state index in [1.807, 2.05) is 6.07 Å². The number of aromatic nitrogens is 4. The van der Waals surface area contributed by atoms with Gasteiger partial charge in [-0.3, -0.25) is 8.97 Å². The number of pyridine rings is 1. The predicted molar refractivity (Wildman–Crippen MR) is 189 cm³/mol. The largest absolute Gasteiger partial charge is 0.278 e. The minimum Gasteiger partial charge on any atom is -0.278 e. The van der Waals surface area contributed by atoms with Gasteiger partial charge in [0.2, 0.25) is 5.78 Å². The van der Waals surface area contributed by atoms with E-state index >= 15 is 0 Å². The van der Waals surface area contributed by atoms with Gasteiger partial charge in [-0.15, -0.1) is 0 Å². The molecule has 0 saturated heterocycles. The second-order valence-corrected chi connectivity index (χ2v) is 11.5. The summed E-state index contributed by atoms with van der Waals surface area (Å²) >= 11 is 0. The maximum absolute atomic E-state index is 5.02. The summed E-state index contributed by atoms with van der Waals surface area (Å²) < 4.78 is 4.46. The van der Waals surface area contributed by atoms with Gasteiger partial charge in [-0.25, -0.2) is 4.98 Å². The van der Waals surface area contributed by atoms with Crippen molar-refractivity contribution in [1.82, 2.24) is 18.9 Å². The summed E-state index contributed by atoms with van der Waals surface area (Å²) in [5.41, 5.74) is 14.4. The molecule has 0 atom stereocenters. The number of benzene rings is 6. The number of hydrogen-bond acceptors (Lipinski definition) is 2. The number of rotatable bonds is 5. The number of nitrogens with zero attached hydrogens (tertiary/aromatic N) is 4. The van der Waals surface area contributed by atoms with Gasteiger partial charge >= 0.3 is 0 Å². The summed E-state index contributed by atoms with van der Waals surface area (Å²) in [5.74, 6) is 0.846. The van der Waals surface area contributed by atoms with Crippen LogP contribution in [0.25, 0.3) is 78.2 Å². The molecule has 0 amide bonds. The number of hydrogen-bond donors (Lipinski definition) is 0. The molecule has 0 aliphatic carbocycles. The summed E-state index contributed by atoms with van der Waals surface area (Å²) in [7, 11) is 0. The fraction of sp³-hybridized carbons (Fsp3) is 0. The minimum absolute atomic E-state index is 0.739. The molecule has 0 N–H and O–H groups in total. The summed E-state index contributed by atoms with van der Waals surface area (Å²) in [6.45, 7) is 0. The Morgan fingerprint density at radius 1 is 0.413 bits per heavy atom. The molecule has 0 bridgehead atoms. The van der Waals surface area contributed by atoms with E-state index in [2.05, 4.69) is 172 Å². The highest BCUT2D eigenvalue weighted by atomic mass is 15.2. The van der Waals surface area contributed by atoms with Crippen molar-refractivity contribution in [3.63, 3.8) is 0 Å². The molecule has 0 unspecified atom stereocenters. The molecule has 6 aromatic carbocycles. The Hall–Kier alpha value is -6.26. The van der Waals surface area contributed by atoms with Crippen LogP contribution in [0.1, 0.15) is 0 Å². The monoisotopic (exact) mass is 588 g/mol. The van der Waals surface area contributed by atoms with Gasteiger partial charge in [0.1, 0.15) is 0 Å². The molecule has 0 spiro atoms. The van der Waals surface area contributed by atoms with E-state index in [9.17, 15) is 0 Å². The van der Waals surface area contributed by atoms with Crippen LogP contribution in [0.4, 0.5) is 0 Å². The maximum Gasteiger partial charge on any atom is 0.222 e. The van der Waals surface area contributed by atoms with E-state index in [1.165, 1.54) is 38.9 Å². The molecule has 0 aliphatic heterocycles. The Kier molecular flexibility index (Phi) is 6.10. The third-order valence-corrected chi connectivity index (χ3v) is 8.78. The Labute approximate surface area is 266 Å². The highest BCUT2D eigenvalue weighted by Gasteiger charge is 2.20. The van der Waals surface area contributed by atoms with Crippen molar-refractivity contribution in [3.8, 4) is 50.2 Å². The fourth-order valence-corrected chi connectivity index (χ4v) is 6.73. The number of para-hydroxylation sites is 2. The van der Waals surface area contributed by atoms with Crippen LogP contribution in [0, 0.1) is 0 Å². The average molecular weight is 589 g/mol. The molecular weight excluding hydrogens is 560 g/mol. The highest BCUT2D eigenvalue weighted by Crippen LogP contribution is 2.44. The lowest BCUT2D eigenvalue weighted by Gasteiger charge is -2.19. The van der Waals surface area contributed by atoms with Gasteiger partial charge in [-0.1, -0.05) is 115 Å². The SMILES string of the molecule is c1ccc(-c2cc(-c3ccccc3)c(-c3ccccc3)c(-c3cccc(-n4c5ccccc5n5c6cccnc6nc45)c3)c2)cc1. The molecule has 0 saturated carbocycles. The second kappa shape index (κ2) is 10.7. The van der Waals surface area contributed by atoms with Crippen LogP contribution in [0.15, 0.2) is 170 Å². The Bertz CT molecular complexity index is 2510. The van der Waals surface area contributed by atoms with E-state index in [4.69, 9.17) is 4.98 Å². The van der Waals surface area contributed by atoms with E-state index in [0.717, 1.165) is 39.2 Å². The summed E-state index contributed by atoms with van der Waals surface area (Å²) in [6.07, 6.45) is 1.80. The fourth-order valence-electron chi connectivity index (χ4n) is 6.73. The van der Waals surface area contributed by atoms with Gasteiger partial charge < -0.3 is 0 Å². The van der Waals surface area contributed by atoms with Crippen molar-refractivity contribution < 1.29 is 0 Å². The Balaban J connectivity index is 1.35. The first-order valence-corrected chi connectivity index (χ1v) is 15.5. The van der Waals surface area contributed by atoms with E-state index in [-0.39, 0.29) is 0 Å². The highest BCUT2D eigenvalue weighted by molar-refractivity contribution is 5.98. The Morgan fingerprint density at radius 2 is 1.00 bits per heavy atom. The first kappa shape index (κ1) is 26.2. The maximum atomic E-state index is 5.02. The van der Waals surface area contributed by atoms with Gasteiger partial charge in [0.15, 0.2) is 5.65 Å². The van der Waals surface area contributed by atoms with Crippen molar-refractivity contribution in [1.29, 1.82) is 0 Å². The molecular formula is C42H28N4. The molecule has 4 nitrogen and oxygen atoms in total. The van der Waals surface area contributed by atoms with Gasteiger partial charge in [0, 0.05) is 11.9 Å². The molecule has 3 aromatic heterocycles. The van der Waals surface area contributed by atoms with Crippen LogP contribution >= 0.6 is 0 Å². The topological polar surface area (TPSA) is 35.1 Å². The molecule has 9 aromatic rings. The second-order valence-electron chi connectivity index (χ2n) is 11.5. The van der Waals surface area contributed by atoms with E-state index in [1.54, 1.807) is 6.20 Å². The van der Waals surface area contributed by atoms with Crippen LogP contribution < -0.4 is 0 Å². The molecule has 4 heteroatoms. The standard InChI is InChI=1S/C42H28N4/c1-4-14-29(15-5-1)33-27-35(30-16-6-2-7-17-30)40(31-18-8-3-9-19-31)36(28-33)32-20-12-21-34(26-32)45-37-22-10-11-23-38(37)46-39-24-13-25-43-41(39)44-42(45)46/h1-28H. The third kappa shape index (κ3) is 4.23. The molecule has 0 aliphatic rings. The molecule has 9 rings (SSSR count). The van der Waals surface area contributed by atoms with E-state index < -0.39 is 0 Å². The zero-order valence-corrected chi connectivity index (χ0v) is 25.0. The molecule has 0 fully saturated rings. The third-order valence-electron chi connectivity index (χ3n) is 8.78. The van der Waals surface area contributed by atoms with Gasteiger partial charge in [0.25, 0.3) is 0 Å². The smallest absolute Gasteiger partial charge is 0.222 e. The van der Waals surface area contributed by atoms with E-state index in [0.29, 0.717) is 0 Å². The lowest BCUT2D eigenvalue weighted by molar-refractivity contribution is 1.11. The summed E-state index contributed by atoms with van der Waals surface area (Å²) in [4.78, 5) is 9.59.